The minimum Gasteiger partial charge on any atom is -0.465 e. The molecule has 0 radical (unpaired) electrons. The highest BCUT2D eigenvalue weighted by Gasteiger charge is 2.33. The third-order valence-electron chi connectivity index (χ3n) is 3.52. The van der Waals surface area contributed by atoms with Crippen molar-refractivity contribution in [2.75, 3.05) is 17.5 Å². The maximum absolute atomic E-state index is 13.0. The van der Waals surface area contributed by atoms with E-state index in [0.29, 0.717) is 10.4 Å². The van der Waals surface area contributed by atoms with Crippen molar-refractivity contribution >= 4 is 44.9 Å². The number of ether oxygens (including phenoxy) is 1. The Kier molecular flexibility index (Phi) is 6.84. The molecule has 0 heterocycles. The van der Waals surface area contributed by atoms with Crippen LogP contribution in [-0.2, 0) is 25.7 Å². The maximum Gasteiger partial charge on any atom is 0.416 e. The molecule has 2 aromatic carbocycles. The van der Waals surface area contributed by atoms with Crippen molar-refractivity contribution in [3.05, 3.63) is 58.1 Å². The minimum atomic E-state index is -4.70. The summed E-state index contributed by atoms with van der Waals surface area (Å²) in [5.74, 6) is -0.927. The smallest absolute Gasteiger partial charge is 0.416 e. The summed E-state index contributed by atoms with van der Waals surface area (Å²) in [4.78, 5) is 11.6. The van der Waals surface area contributed by atoms with Gasteiger partial charge in [-0.05, 0) is 43.3 Å². The molecule has 152 valence electrons. The quantitative estimate of drug-likeness (QED) is 0.588. The first-order valence-electron chi connectivity index (χ1n) is 7.77. The van der Waals surface area contributed by atoms with Crippen LogP contribution < -0.4 is 4.31 Å². The van der Waals surface area contributed by atoms with Gasteiger partial charge in [-0.2, -0.15) is 13.2 Å². The number of alkyl halides is 3. The van der Waals surface area contributed by atoms with E-state index in [-0.39, 0.29) is 27.2 Å². The number of nitrogens with zero attached hydrogens (tertiary/aromatic N) is 1. The number of carbonyl (C=O) groups excluding carboxylic acids is 1. The van der Waals surface area contributed by atoms with Crippen molar-refractivity contribution in [3.63, 3.8) is 0 Å². The van der Waals surface area contributed by atoms with Crippen LogP contribution in [0.3, 0.4) is 0 Å². The van der Waals surface area contributed by atoms with Crippen molar-refractivity contribution < 1.29 is 31.1 Å². The number of anilines is 1. The minimum absolute atomic E-state index is 0.0257. The molecule has 0 bridgehead atoms. The van der Waals surface area contributed by atoms with Gasteiger partial charge in [0.15, 0.2) is 0 Å². The molecule has 5 nitrogen and oxygen atoms in total. The van der Waals surface area contributed by atoms with E-state index in [1.165, 1.54) is 13.0 Å². The van der Waals surface area contributed by atoms with Crippen LogP contribution in [0.25, 0.3) is 0 Å². The lowest BCUT2D eigenvalue weighted by Crippen LogP contribution is -2.36. The van der Waals surface area contributed by atoms with Crippen LogP contribution in [0.2, 0.25) is 10.0 Å². The third-order valence-corrected chi connectivity index (χ3v) is 6.03. The summed E-state index contributed by atoms with van der Waals surface area (Å²) in [6.45, 7) is 0.666. The zero-order valence-electron chi connectivity index (χ0n) is 14.3. The molecule has 0 unspecified atom stereocenters. The van der Waals surface area contributed by atoms with Crippen LogP contribution in [0.1, 0.15) is 12.5 Å². The summed E-state index contributed by atoms with van der Waals surface area (Å²) in [7, 11) is -4.45. The molecule has 28 heavy (non-hydrogen) atoms. The number of halogens is 5. The van der Waals surface area contributed by atoms with Crippen molar-refractivity contribution in [2.24, 2.45) is 0 Å². The Morgan fingerprint density at radius 3 is 2.36 bits per heavy atom. The molecule has 0 spiro atoms. The molecule has 0 saturated carbocycles. The van der Waals surface area contributed by atoms with Gasteiger partial charge in [-0.15, -0.1) is 0 Å². The Balaban J connectivity index is 2.59. The maximum atomic E-state index is 13.0. The fraction of sp³-hybridized carbons (Fsp3) is 0.235. The first-order valence-corrected chi connectivity index (χ1v) is 9.97. The highest BCUT2D eigenvalue weighted by Crippen LogP contribution is 2.34. The molecular weight excluding hydrogens is 442 g/mol. The highest BCUT2D eigenvalue weighted by molar-refractivity contribution is 7.92. The molecule has 0 aliphatic carbocycles. The number of benzene rings is 2. The summed E-state index contributed by atoms with van der Waals surface area (Å²) in [6.07, 6.45) is -4.70. The van der Waals surface area contributed by atoms with E-state index in [1.54, 1.807) is 0 Å². The predicted octanol–water partition coefficient (Wildman–Crippen LogP) is 4.77. The standard InChI is InChI=1S/C17H14Cl2F3NO4S/c1-2-27-16(24)10-23(12-5-3-4-11(8-12)17(20,21)22)28(25,26)13-6-7-14(18)15(19)9-13/h3-9H,2,10H2,1H3. The molecule has 0 aliphatic rings. The largest absolute Gasteiger partial charge is 0.465 e. The van der Waals surface area contributed by atoms with Gasteiger partial charge < -0.3 is 4.74 Å². The van der Waals surface area contributed by atoms with Gasteiger partial charge in [0.25, 0.3) is 10.0 Å². The van der Waals surface area contributed by atoms with E-state index in [0.717, 1.165) is 30.3 Å². The Labute approximate surface area is 169 Å². The van der Waals surface area contributed by atoms with Crippen LogP contribution in [0.4, 0.5) is 18.9 Å². The number of hydrogen-bond acceptors (Lipinski definition) is 4. The van der Waals surface area contributed by atoms with E-state index in [9.17, 15) is 26.4 Å². The molecule has 0 saturated heterocycles. The Hall–Kier alpha value is -1.97. The van der Waals surface area contributed by atoms with Gasteiger partial charge in [-0.3, -0.25) is 9.10 Å². The molecule has 0 atom stereocenters. The van der Waals surface area contributed by atoms with Crippen molar-refractivity contribution in [1.82, 2.24) is 0 Å². The molecular formula is C17H14Cl2F3NO4S. The molecule has 0 aliphatic heterocycles. The SMILES string of the molecule is CCOC(=O)CN(c1cccc(C(F)(F)F)c1)S(=O)(=O)c1ccc(Cl)c(Cl)c1. The van der Waals surface area contributed by atoms with Gasteiger partial charge in [0.1, 0.15) is 6.54 Å². The van der Waals surface area contributed by atoms with Gasteiger partial charge in [0.05, 0.1) is 32.8 Å². The van der Waals surface area contributed by atoms with Crippen LogP contribution in [-0.4, -0.2) is 27.5 Å². The predicted molar refractivity (Wildman–Crippen MR) is 99.1 cm³/mol. The second-order valence-electron chi connectivity index (χ2n) is 5.44. The van der Waals surface area contributed by atoms with Gasteiger partial charge in [-0.25, -0.2) is 8.42 Å². The van der Waals surface area contributed by atoms with Crippen molar-refractivity contribution in [1.29, 1.82) is 0 Å². The van der Waals surface area contributed by atoms with Crippen molar-refractivity contribution in [2.45, 2.75) is 18.0 Å². The van der Waals surface area contributed by atoms with Gasteiger partial charge in [0, 0.05) is 0 Å². The first-order chi connectivity index (χ1) is 13.0. The van der Waals surface area contributed by atoms with Crippen LogP contribution in [0.5, 0.6) is 0 Å². The normalized spacial score (nSPS) is 11.9. The summed E-state index contributed by atoms with van der Waals surface area (Å²) in [5.41, 5.74) is -1.42. The average Bonchev–Trinajstić information content (AvgIpc) is 2.61. The van der Waals surface area contributed by atoms with E-state index in [4.69, 9.17) is 27.9 Å². The summed E-state index contributed by atoms with van der Waals surface area (Å²) in [5, 5.41) is 0.0273. The number of esters is 1. The molecule has 2 rings (SSSR count). The summed E-state index contributed by atoms with van der Waals surface area (Å²) < 4.78 is 70.5. The van der Waals surface area contributed by atoms with E-state index >= 15 is 0 Å². The van der Waals surface area contributed by atoms with E-state index in [2.05, 4.69) is 0 Å². The lowest BCUT2D eigenvalue weighted by molar-refractivity contribution is -0.141. The summed E-state index contributed by atoms with van der Waals surface area (Å²) >= 11 is 11.6. The average molecular weight is 456 g/mol. The van der Waals surface area contributed by atoms with E-state index in [1.807, 2.05) is 0 Å². The van der Waals surface area contributed by atoms with Crippen LogP contribution in [0, 0.1) is 0 Å². The summed E-state index contributed by atoms with van der Waals surface area (Å²) in [6, 6.07) is 7.02. The fourth-order valence-corrected chi connectivity index (χ4v) is 4.03. The lowest BCUT2D eigenvalue weighted by atomic mass is 10.2. The second-order valence-corrected chi connectivity index (χ2v) is 8.12. The topological polar surface area (TPSA) is 63.7 Å². The zero-order valence-corrected chi connectivity index (χ0v) is 16.7. The Morgan fingerprint density at radius 1 is 1.11 bits per heavy atom. The number of rotatable bonds is 6. The highest BCUT2D eigenvalue weighted by atomic mass is 35.5. The van der Waals surface area contributed by atoms with Gasteiger partial charge in [-0.1, -0.05) is 29.3 Å². The van der Waals surface area contributed by atoms with Gasteiger partial charge >= 0.3 is 12.1 Å². The third kappa shape index (κ3) is 5.09. The molecule has 0 aromatic heterocycles. The van der Waals surface area contributed by atoms with Crippen molar-refractivity contribution in [3.8, 4) is 0 Å². The van der Waals surface area contributed by atoms with Crippen LogP contribution in [0.15, 0.2) is 47.4 Å². The molecule has 0 N–H and O–H groups in total. The molecule has 0 fully saturated rings. The van der Waals surface area contributed by atoms with Gasteiger partial charge in [0.2, 0.25) is 0 Å². The number of carbonyl (C=O) groups is 1. The van der Waals surface area contributed by atoms with E-state index < -0.39 is 34.3 Å². The Morgan fingerprint density at radius 2 is 1.79 bits per heavy atom. The number of sulfonamides is 1. The Bertz CT molecular complexity index is 981. The molecule has 11 heteroatoms. The lowest BCUT2D eigenvalue weighted by Gasteiger charge is -2.24. The first kappa shape index (κ1) is 22.3. The second kappa shape index (κ2) is 8.59. The fourth-order valence-electron chi connectivity index (χ4n) is 2.24. The number of hydrogen-bond donors (Lipinski definition) is 0. The monoisotopic (exact) mass is 455 g/mol. The van der Waals surface area contributed by atoms with Crippen LogP contribution >= 0.6 is 23.2 Å². The molecule has 0 amide bonds. The zero-order chi connectivity index (χ0) is 21.1. The molecule has 2 aromatic rings.